The molecule has 0 N–H and O–H groups in total. The van der Waals surface area contributed by atoms with E-state index in [1.165, 1.54) is 38.5 Å². The SMILES string of the molecule is CC(=O)O/C=C\C=C\OC(C)=O. The molecule has 0 saturated carbocycles. The third-order valence-corrected chi connectivity index (χ3v) is 0.736. The van der Waals surface area contributed by atoms with E-state index in [-0.39, 0.29) is 0 Å². The molecule has 0 radical (unpaired) electrons. The first-order valence-corrected chi connectivity index (χ1v) is 3.29. The number of allylic oxidation sites excluding steroid dienone is 2. The molecular weight excluding hydrogens is 160 g/mol. The fourth-order valence-electron chi connectivity index (χ4n) is 0.361. The molecule has 0 aliphatic carbocycles. The molecule has 0 saturated heterocycles. The van der Waals surface area contributed by atoms with Crippen LogP contribution in [0.4, 0.5) is 0 Å². The van der Waals surface area contributed by atoms with Crippen LogP contribution in [0.3, 0.4) is 0 Å². The zero-order chi connectivity index (χ0) is 9.40. The van der Waals surface area contributed by atoms with Crippen LogP contribution >= 0.6 is 0 Å². The van der Waals surface area contributed by atoms with Crippen molar-refractivity contribution in [2.24, 2.45) is 0 Å². The molecule has 0 unspecified atom stereocenters. The van der Waals surface area contributed by atoms with E-state index in [0.717, 1.165) is 0 Å². The molecule has 0 fully saturated rings. The lowest BCUT2D eigenvalue weighted by molar-refractivity contribution is -0.136. The Labute approximate surface area is 70.5 Å². The maximum absolute atomic E-state index is 10.2. The topological polar surface area (TPSA) is 52.6 Å². The van der Waals surface area contributed by atoms with E-state index in [2.05, 4.69) is 9.47 Å². The average molecular weight is 170 g/mol. The Hall–Kier alpha value is -1.58. The van der Waals surface area contributed by atoms with Crippen LogP contribution in [0.2, 0.25) is 0 Å². The van der Waals surface area contributed by atoms with Crippen molar-refractivity contribution in [3.05, 3.63) is 24.7 Å². The van der Waals surface area contributed by atoms with Crippen LogP contribution in [-0.2, 0) is 19.1 Å². The molecule has 0 atom stereocenters. The van der Waals surface area contributed by atoms with Gasteiger partial charge in [-0.15, -0.1) is 0 Å². The van der Waals surface area contributed by atoms with Gasteiger partial charge in [0.25, 0.3) is 0 Å². The summed E-state index contributed by atoms with van der Waals surface area (Å²) in [5, 5.41) is 0. The van der Waals surface area contributed by atoms with Crippen LogP contribution in [0.5, 0.6) is 0 Å². The summed E-state index contributed by atoms with van der Waals surface area (Å²) in [6.07, 6.45) is 5.26. The molecule has 0 aromatic rings. The summed E-state index contributed by atoms with van der Waals surface area (Å²) >= 11 is 0. The number of rotatable bonds is 3. The van der Waals surface area contributed by atoms with Gasteiger partial charge >= 0.3 is 11.9 Å². The zero-order valence-corrected chi connectivity index (χ0v) is 6.94. The van der Waals surface area contributed by atoms with Crippen LogP contribution in [0.1, 0.15) is 13.8 Å². The van der Waals surface area contributed by atoms with Crippen molar-refractivity contribution in [1.29, 1.82) is 0 Å². The first-order valence-electron chi connectivity index (χ1n) is 3.29. The highest BCUT2D eigenvalue weighted by molar-refractivity contribution is 5.67. The Kier molecular flexibility index (Phi) is 5.34. The molecule has 0 aromatic carbocycles. The molecule has 0 aliphatic heterocycles. The summed E-state index contributed by atoms with van der Waals surface area (Å²) in [5.41, 5.74) is 0. The third kappa shape index (κ3) is 8.42. The second-order valence-corrected chi connectivity index (χ2v) is 1.88. The number of carbonyl (C=O) groups is 2. The number of esters is 2. The first kappa shape index (κ1) is 10.4. The predicted octanol–water partition coefficient (Wildman–Crippen LogP) is 1.14. The minimum absolute atomic E-state index is 0.396. The summed E-state index contributed by atoms with van der Waals surface area (Å²) in [7, 11) is 0. The molecule has 0 amide bonds. The third-order valence-electron chi connectivity index (χ3n) is 0.736. The van der Waals surface area contributed by atoms with Gasteiger partial charge in [0.1, 0.15) is 0 Å². The normalized spacial score (nSPS) is 10.5. The number of hydrogen-bond acceptors (Lipinski definition) is 4. The van der Waals surface area contributed by atoms with E-state index in [0.29, 0.717) is 0 Å². The molecule has 0 aromatic heterocycles. The molecule has 0 rings (SSSR count). The quantitative estimate of drug-likeness (QED) is 0.362. The Morgan fingerprint density at radius 3 is 1.50 bits per heavy atom. The lowest BCUT2D eigenvalue weighted by atomic mass is 10.6. The van der Waals surface area contributed by atoms with Crippen molar-refractivity contribution in [3.8, 4) is 0 Å². The Morgan fingerprint density at radius 1 is 0.917 bits per heavy atom. The van der Waals surface area contributed by atoms with E-state index in [9.17, 15) is 9.59 Å². The van der Waals surface area contributed by atoms with Crippen molar-refractivity contribution < 1.29 is 19.1 Å². The predicted molar refractivity (Wildman–Crippen MR) is 41.8 cm³/mol. The van der Waals surface area contributed by atoms with Crippen LogP contribution in [-0.4, -0.2) is 11.9 Å². The lowest BCUT2D eigenvalue weighted by Crippen LogP contribution is -1.89. The monoisotopic (exact) mass is 170 g/mol. The van der Waals surface area contributed by atoms with Crippen LogP contribution in [0.25, 0.3) is 0 Å². The Bertz CT molecular complexity index is 191. The first-order chi connectivity index (χ1) is 5.63. The number of hydrogen-bond donors (Lipinski definition) is 0. The number of carbonyl (C=O) groups excluding carboxylic acids is 2. The minimum atomic E-state index is -0.396. The van der Waals surface area contributed by atoms with Crippen molar-refractivity contribution in [2.45, 2.75) is 13.8 Å². The summed E-state index contributed by atoms with van der Waals surface area (Å²) < 4.78 is 8.88. The second-order valence-electron chi connectivity index (χ2n) is 1.88. The van der Waals surface area contributed by atoms with Crippen LogP contribution in [0.15, 0.2) is 24.7 Å². The van der Waals surface area contributed by atoms with Gasteiger partial charge < -0.3 is 9.47 Å². The Balaban J connectivity index is 3.52. The largest absolute Gasteiger partial charge is 0.435 e. The molecule has 0 bridgehead atoms. The second kappa shape index (κ2) is 6.15. The molecule has 0 heterocycles. The molecule has 4 nitrogen and oxygen atoms in total. The summed E-state index contributed by atoms with van der Waals surface area (Å²) in [6, 6.07) is 0. The van der Waals surface area contributed by atoms with Crippen LogP contribution < -0.4 is 0 Å². The molecule has 66 valence electrons. The molecule has 12 heavy (non-hydrogen) atoms. The highest BCUT2D eigenvalue weighted by atomic mass is 16.5. The zero-order valence-electron chi connectivity index (χ0n) is 6.94. The molecule has 0 spiro atoms. The van der Waals surface area contributed by atoms with Crippen molar-refractivity contribution >= 4 is 11.9 Å². The smallest absolute Gasteiger partial charge is 0.307 e. The Morgan fingerprint density at radius 2 is 1.25 bits per heavy atom. The van der Waals surface area contributed by atoms with Gasteiger partial charge in [0.05, 0.1) is 12.5 Å². The van der Waals surface area contributed by atoms with Gasteiger partial charge in [0, 0.05) is 13.8 Å². The van der Waals surface area contributed by atoms with Crippen molar-refractivity contribution in [2.75, 3.05) is 0 Å². The van der Waals surface area contributed by atoms with Gasteiger partial charge in [-0.25, -0.2) is 0 Å². The highest BCUT2D eigenvalue weighted by Crippen LogP contribution is 1.83. The van der Waals surface area contributed by atoms with Gasteiger partial charge in [0.15, 0.2) is 0 Å². The fraction of sp³-hybridized carbons (Fsp3) is 0.250. The van der Waals surface area contributed by atoms with Gasteiger partial charge in [-0.05, 0) is 12.2 Å². The maximum Gasteiger partial charge on any atom is 0.307 e. The average Bonchev–Trinajstić information content (AvgIpc) is 1.95. The van der Waals surface area contributed by atoms with Gasteiger partial charge in [-0.1, -0.05) is 0 Å². The van der Waals surface area contributed by atoms with E-state index < -0.39 is 11.9 Å². The molecular formula is C8H10O4. The van der Waals surface area contributed by atoms with Gasteiger partial charge in [0.2, 0.25) is 0 Å². The van der Waals surface area contributed by atoms with E-state index in [1.54, 1.807) is 0 Å². The van der Waals surface area contributed by atoms with Gasteiger partial charge in [-0.3, -0.25) is 9.59 Å². The van der Waals surface area contributed by atoms with Crippen molar-refractivity contribution in [1.82, 2.24) is 0 Å². The molecule has 4 heteroatoms. The highest BCUT2D eigenvalue weighted by Gasteiger charge is 1.83. The molecule has 0 aliphatic rings. The lowest BCUT2D eigenvalue weighted by Gasteiger charge is -1.88. The summed E-state index contributed by atoms with van der Waals surface area (Å²) in [5.74, 6) is -0.792. The van der Waals surface area contributed by atoms with Gasteiger partial charge in [-0.2, -0.15) is 0 Å². The summed E-state index contributed by atoms with van der Waals surface area (Å²) in [6.45, 7) is 2.58. The number of ether oxygens (including phenoxy) is 2. The maximum atomic E-state index is 10.2. The van der Waals surface area contributed by atoms with Crippen LogP contribution in [0, 0.1) is 0 Å². The minimum Gasteiger partial charge on any atom is -0.435 e. The summed E-state index contributed by atoms with van der Waals surface area (Å²) in [4.78, 5) is 20.4. The van der Waals surface area contributed by atoms with Crippen molar-refractivity contribution in [3.63, 3.8) is 0 Å². The standard InChI is InChI=1S/C8H10O4/c1-7(9)11-5-3-4-6-12-8(2)10/h3-6H,1-2H3/b5-3-,6-4+. The van der Waals surface area contributed by atoms with E-state index in [4.69, 9.17) is 0 Å². The van der Waals surface area contributed by atoms with E-state index >= 15 is 0 Å². The fourth-order valence-corrected chi connectivity index (χ4v) is 0.361. The van der Waals surface area contributed by atoms with E-state index in [1.807, 2.05) is 0 Å².